The summed E-state index contributed by atoms with van der Waals surface area (Å²) in [6, 6.07) is 9.32. The van der Waals surface area contributed by atoms with Crippen LogP contribution in [0.4, 0.5) is 0 Å². The van der Waals surface area contributed by atoms with Crippen molar-refractivity contribution in [3.05, 3.63) is 54.5 Å². The number of aromatic nitrogens is 3. The van der Waals surface area contributed by atoms with Crippen LogP contribution in [0, 0.1) is 0 Å². The number of ketones is 1. The minimum atomic E-state index is 0.0690. The Morgan fingerprint density at radius 2 is 2.00 bits per heavy atom. The Kier molecular flexibility index (Phi) is 2.41. The minimum absolute atomic E-state index is 0.0690. The molecule has 2 aromatic heterocycles. The Hall–Kier alpha value is -2.49. The van der Waals surface area contributed by atoms with Gasteiger partial charge in [-0.25, -0.2) is 9.50 Å². The standard InChI is InChI=1S/C14H11N3O/c1-10(18)11-3-5-12(6-4-11)13-9-16-17-8-2-7-15-14(13)17/h2-9H,1H3. The molecule has 0 saturated heterocycles. The van der Waals surface area contributed by atoms with Gasteiger partial charge in [0.1, 0.15) is 0 Å². The van der Waals surface area contributed by atoms with Crippen molar-refractivity contribution in [2.24, 2.45) is 0 Å². The number of fused-ring (bicyclic) bond motifs is 1. The first-order valence-corrected chi connectivity index (χ1v) is 5.65. The van der Waals surface area contributed by atoms with Gasteiger partial charge in [-0.15, -0.1) is 0 Å². The normalized spacial score (nSPS) is 10.7. The first-order chi connectivity index (χ1) is 8.75. The van der Waals surface area contributed by atoms with Crippen LogP contribution in [-0.4, -0.2) is 20.4 Å². The van der Waals surface area contributed by atoms with Crippen LogP contribution >= 0.6 is 0 Å². The fourth-order valence-electron chi connectivity index (χ4n) is 1.92. The van der Waals surface area contributed by atoms with Gasteiger partial charge in [0.2, 0.25) is 0 Å². The second-order valence-electron chi connectivity index (χ2n) is 4.08. The van der Waals surface area contributed by atoms with Crippen LogP contribution in [0.25, 0.3) is 16.8 Å². The van der Waals surface area contributed by atoms with E-state index in [9.17, 15) is 4.79 Å². The summed E-state index contributed by atoms with van der Waals surface area (Å²) in [5.41, 5.74) is 3.50. The number of benzene rings is 1. The van der Waals surface area contributed by atoms with E-state index in [0.717, 1.165) is 16.8 Å². The molecule has 0 saturated carbocycles. The number of hydrogen-bond donors (Lipinski definition) is 0. The van der Waals surface area contributed by atoms with Gasteiger partial charge < -0.3 is 0 Å². The van der Waals surface area contributed by atoms with E-state index in [4.69, 9.17) is 0 Å². The zero-order chi connectivity index (χ0) is 12.5. The van der Waals surface area contributed by atoms with Crippen molar-refractivity contribution >= 4 is 11.4 Å². The highest BCUT2D eigenvalue weighted by Gasteiger charge is 2.07. The van der Waals surface area contributed by atoms with Gasteiger partial charge in [-0.05, 0) is 18.6 Å². The molecular formula is C14H11N3O. The van der Waals surface area contributed by atoms with E-state index >= 15 is 0 Å². The molecule has 1 aromatic carbocycles. The first kappa shape index (κ1) is 10.7. The number of carbonyl (C=O) groups is 1. The van der Waals surface area contributed by atoms with Crippen molar-refractivity contribution in [3.63, 3.8) is 0 Å². The van der Waals surface area contributed by atoms with Gasteiger partial charge in [0.25, 0.3) is 0 Å². The highest BCUT2D eigenvalue weighted by Crippen LogP contribution is 2.23. The number of carbonyl (C=O) groups excluding carboxylic acids is 1. The van der Waals surface area contributed by atoms with Crippen molar-refractivity contribution in [2.75, 3.05) is 0 Å². The average Bonchev–Trinajstić information content (AvgIpc) is 2.82. The van der Waals surface area contributed by atoms with Gasteiger partial charge >= 0.3 is 0 Å². The molecule has 18 heavy (non-hydrogen) atoms. The molecule has 0 aliphatic carbocycles. The molecule has 0 unspecified atom stereocenters. The molecule has 0 N–H and O–H groups in total. The number of hydrogen-bond acceptors (Lipinski definition) is 3. The summed E-state index contributed by atoms with van der Waals surface area (Å²) in [4.78, 5) is 15.5. The third kappa shape index (κ3) is 1.68. The molecule has 0 fully saturated rings. The molecule has 0 radical (unpaired) electrons. The Bertz CT molecular complexity index is 713. The summed E-state index contributed by atoms with van der Waals surface area (Å²) in [6.45, 7) is 1.56. The van der Waals surface area contributed by atoms with E-state index in [2.05, 4.69) is 10.1 Å². The van der Waals surface area contributed by atoms with Gasteiger partial charge in [-0.3, -0.25) is 4.79 Å². The number of nitrogens with zero attached hydrogens (tertiary/aromatic N) is 3. The minimum Gasteiger partial charge on any atom is -0.295 e. The molecule has 3 rings (SSSR count). The maximum Gasteiger partial charge on any atom is 0.162 e. The summed E-state index contributed by atoms with van der Waals surface area (Å²) < 4.78 is 1.73. The molecule has 0 atom stereocenters. The summed E-state index contributed by atoms with van der Waals surface area (Å²) in [7, 11) is 0. The van der Waals surface area contributed by atoms with Crippen LogP contribution in [0.15, 0.2) is 48.9 Å². The van der Waals surface area contributed by atoms with Crippen LogP contribution in [0.1, 0.15) is 17.3 Å². The van der Waals surface area contributed by atoms with Crippen molar-refractivity contribution in [3.8, 4) is 11.1 Å². The van der Waals surface area contributed by atoms with Gasteiger partial charge in [0.05, 0.1) is 6.20 Å². The van der Waals surface area contributed by atoms with E-state index in [1.54, 1.807) is 23.8 Å². The molecule has 0 aliphatic heterocycles. The van der Waals surface area contributed by atoms with Gasteiger partial charge in [0, 0.05) is 23.5 Å². The van der Waals surface area contributed by atoms with Crippen molar-refractivity contribution in [2.45, 2.75) is 6.92 Å². The van der Waals surface area contributed by atoms with Crippen molar-refractivity contribution in [1.29, 1.82) is 0 Å². The predicted molar refractivity (Wildman–Crippen MR) is 68.4 cm³/mol. The van der Waals surface area contributed by atoms with E-state index in [-0.39, 0.29) is 5.78 Å². The van der Waals surface area contributed by atoms with Crippen LogP contribution in [-0.2, 0) is 0 Å². The highest BCUT2D eigenvalue weighted by molar-refractivity contribution is 5.94. The average molecular weight is 237 g/mol. The van der Waals surface area contributed by atoms with Crippen LogP contribution in [0.2, 0.25) is 0 Å². The SMILES string of the molecule is CC(=O)c1ccc(-c2cnn3cccnc23)cc1. The zero-order valence-electron chi connectivity index (χ0n) is 9.87. The Labute approximate surface area is 104 Å². The largest absolute Gasteiger partial charge is 0.295 e. The van der Waals surface area contributed by atoms with E-state index in [0.29, 0.717) is 5.56 Å². The maximum absolute atomic E-state index is 11.2. The third-order valence-electron chi connectivity index (χ3n) is 2.88. The lowest BCUT2D eigenvalue weighted by Gasteiger charge is -2.00. The number of rotatable bonds is 2. The lowest BCUT2D eigenvalue weighted by molar-refractivity contribution is 0.101. The molecular weight excluding hydrogens is 226 g/mol. The van der Waals surface area contributed by atoms with Gasteiger partial charge in [-0.1, -0.05) is 24.3 Å². The summed E-state index contributed by atoms with van der Waals surface area (Å²) in [5, 5.41) is 4.24. The molecule has 0 bridgehead atoms. The zero-order valence-corrected chi connectivity index (χ0v) is 9.87. The Morgan fingerprint density at radius 3 is 2.72 bits per heavy atom. The second-order valence-corrected chi connectivity index (χ2v) is 4.08. The first-order valence-electron chi connectivity index (χ1n) is 5.65. The maximum atomic E-state index is 11.2. The molecule has 0 amide bonds. The van der Waals surface area contributed by atoms with Gasteiger partial charge in [-0.2, -0.15) is 5.10 Å². The molecule has 4 nitrogen and oxygen atoms in total. The summed E-state index contributed by atoms with van der Waals surface area (Å²) in [6.07, 6.45) is 5.38. The van der Waals surface area contributed by atoms with Crippen LogP contribution < -0.4 is 0 Å². The smallest absolute Gasteiger partial charge is 0.162 e. The molecule has 3 aromatic rings. The molecule has 4 heteroatoms. The quantitative estimate of drug-likeness (QED) is 0.643. The van der Waals surface area contributed by atoms with Crippen molar-refractivity contribution in [1.82, 2.24) is 14.6 Å². The van der Waals surface area contributed by atoms with Crippen LogP contribution in [0.5, 0.6) is 0 Å². The van der Waals surface area contributed by atoms with E-state index < -0.39 is 0 Å². The topological polar surface area (TPSA) is 47.3 Å². The molecule has 2 heterocycles. The predicted octanol–water partition coefficient (Wildman–Crippen LogP) is 2.60. The Balaban J connectivity index is 2.12. The highest BCUT2D eigenvalue weighted by atomic mass is 16.1. The third-order valence-corrected chi connectivity index (χ3v) is 2.88. The lowest BCUT2D eigenvalue weighted by atomic mass is 10.1. The van der Waals surface area contributed by atoms with E-state index in [1.807, 2.05) is 36.5 Å². The van der Waals surface area contributed by atoms with E-state index in [1.165, 1.54) is 0 Å². The molecule has 88 valence electrons. The van der Waals surface area contributed by atoms with Gasteiger partial charge in [0.15, 0.2) is 11.4 Å². The fourth-order valence-corrected chi connectivity index (χ4v) is 1.92. The summed E-state index contributed by atoms with van der Waals surface area (Å²) >= 11 is 0. The lowest BCUT2D eigenvalue weighted by Crippen LogP contribution is -1.91. The second kappa shape index (κ2) is 4.07. The number of Topliss-reactive ketones (excluding diaryl/α,β-unsaturated/α-hetero) is 1. The molecule has 0 spiro atoms. The fraction of sp³-hybridized carbons (Fsp3) is 0.0714. The summed E-state index contributed by atoms with van der Waals surface area (Å²) in [5.74, 6) is 0.0690. The van der Waals surface area contributed by atoms with Crippen LogP contribution in [0.3, 0.4) is 0 Å². The monoisotopic (exact) mass is 237 g/mol. The van der Waals surface area contributed by atoms with Crippen molar-refractivity contribution < 1.29 is 4.79 Å². The molecule has 0 aliphatic rings. The Morgan fingerprint density at radius 1 is 1.22 bits per heavy atom.